The highest BCUT2D eigenvalue weighted by Crippen LogP contribution is 2.23. The van der Waals surface area contributed by atoms with Crippen LogP contribution in [0.25, 0.3) is 12.2 Å². The first-order valence-corrected chi connectivity index (χ1v) is 6.87. The number of alkyl halides is 3. The molecule has 0 aliphatic rings. The molecule has 2 rings (SSSR count). The summed E-state index contributed by atoms with van der Waals surface area (Å²) in [6, 6.07) is 11.7. The number of phenols is 1. The Morgan fingerprint density at radius 3 is 2.12 bits per heavy atom. The smallest absolute Gasteiger partial charge is 0.508 e. The molecule has 0 saturated heterocycles. The summed E-state index contributed by atoms with van der Waals surface area (Å²) in [5.41, 5.74) is 1.05. The number of hydrogen-bond acceptors (Lipinski definition) is 3. The largest absolute Gasteiger partial charge is 0.573 e. The van der Waals surface area contributed by atoms with Crippen LogP contribution in [0.1, 0.15) is 11.1 Å². The van der Waals surface area contributed by atoms with Crippen molar-refractivity contribution in [2.24, 2.45) is 0 Å². The molecular formula is C18H13F3O3. The Morgan fingerprint density at radius 2 is 1.54 bits per heavy atom. The molecular weight excluding hydrogens is 321 g/mol. The van der Waals surface area contributed by atoms with E-state index in [1.165, 1.54) is 54.6 Å². The minimum atomic E-state index is -4.76. The molecule has 0 saturated carbocycles. The highest BCUT2D eigenvalue weighted by Gasteiger charge is 2.30. The molecule has 2 aromatic carbocycles. The number of aromatic hydroxyl groups is 1. The van der Waals surface area contributed by atoms with Crippen molar-refractivity contribution in [1.29, 1.82) is 0 Å². The predicted molar refractivity (Wildman–Crippen MR) is 84.3 cm³/mol. The summed E-state index contributed by atoms with van der Waals surface area (Å²) in [6.07, 6.45) is 0.670. The summed E-state index contributed by atoms with van der Waals surface area (Å²) >= 11 is 0. The Labute approximate surface area is 136 Å². The fraction of sp³-hybridized carbons (Fsp3) is 0.0556. The van der Waals surface area contributed by atoms with Gasteiger partial charge in [0.1, 0.15) is 11.5 Å². The summed E-state index contributed by atoms with van der Waals surface area (Å²) in [7, 11) is 0. The van der Waals surface area contributed by atoms with Gasteiger partial charge in [0.25, 0.3) is 0 Å². The van der Waals surface area contributed by atoms with Crippen LogP contribution in [0.5, 0.6) is 11.5 Å². The molecule has 0 aliphatic heterocycles. The highest BCUT2D eigenvalue weighted by atomic mass is 19.4. The van der Waals surface area contributed by atoms with Crippen molar-refractivity contribution >= 4 is 17.9 Å². The van der Waals surface area contributed by atoms with Crippen molar-refractivity contribution in [1.82, 2.24) is 0 Å². The number of benzene rings is 2. The fourth-order valence-corrected chi connectivity index (χ4v) is 1.86. The normalized spacial score (nSPS) is 12.0. The van der Waals surface area contributed by atoms with Crippen LogP contribution in [0.2, 0.25) is 0 Å². The zero-order valence-electron chi connectivity index (χ0n) is 12.3. The standard InChI is InChI=1S/C18H13F3O3/c19-18(20,21)24-17-6-2-4-14(12-17)8-10-15(22)9-7-13-3-1-5-16(23)11-13/h1-12,23H/b9-7+,10-8+. The molecule has 0 unspecified atom stereocenters. The number of rotatable bonds is 5. The second-order valence-corrected chi connectivity index (χ2v) is 4.78. The maximum absolute atomic E-state index is 12.2. The summed E-state index contributed by atoms with van der Waals surface area (Å²) in [6.45, 7) is 0. The number of hydrogen-bond donors (Lipinski definition) is 1. The van der Waals surface area contributed by atoms with Crippen molar-refractivity contribution in [3.8, 4) is 11.5 Å². The van der Waals surface area contributed by atoms with Crippen molar-refractivity contribution in [2.45, 2.75) is 6.36 Å². The van der Waals surface area contributed by atoms with E-state index in [1.807, 2.05) is 0 Å². The molecule has 1 N–H and O–H groups in total. The molecule has 0 amide bonds. The molecule has 0 atom stereocenters. The van der Waals surface area contributed by atoms with Crippen molar-refractivity contribution in [2.75, 3.05) is 0 Å². The predicted octanol–water partition coefficient (Wildman–Crippen LogP) is 4.59. The van der Waals surface area contributed by atoms with E-state index in [1.54, 1.807) is 18.2 Å². The lowest BCUT2D eigenvalue weighted by Gasteiger charge is -2.08. The number of phenolic OH excluding ortho intramolecular Hbond substituents is 1. The Morgan fingerprint density at radius 1 is 0.958 bits per heavy atom. The van der Waals surface area contributed by atoms with Gasteiger partial charge in [0.2, 0.25) is 0 Å². The van der Waals surface area contributed by atoms with Gasteiger partial charge >= 0.3 is 6.36 Å². The van der Waals surface area contributed by atoms with Gasteiger partial charge in [0, 0.05) is 0 Å². The molecule has 0 radical (unpaired) electrons. The van der Waals surface area contributed by atoms with E-state index in [2.05, 4.69) is 4.74 Å². The molecule has 6 heteroatoms. The Balaban J connectivity index is 2.02. The third-order valence-corrected chi connectivity index (χ3v) is 2.84. The molecule has 0 fully saturated rings. The first-order valence-electron chi connectivity index (χ1n) is 6.87. The molecule has 124 valence electrons. The van der Waals surface area contributed by atoms with Crippen molar-refractivity contribution in [3.63, 3.8) is 0 Å². The average Bonchev–Trinajstić information content (AvgIpc) is 2.50. The van der Waals surface area contributed by atoms with E-state index in [9.17, 15) is 23.1 Å². The number of ether oxygens (including phenoxy) is 1. The van der Waals surface area contributed by atoms with Gasteiger partial charge in [0.05, 0.1) is 0 Å². The van der Waals surface area contributed by atoms with Gasteiger partial charge in [-0.15, -0.1) is 13.2 Å². The molecule has 0 heterocycles. The molecule has 0 spiro atoms. The summed E-state index contributed by atoms with van der Waals surface area (Å²) < 4.78 is 40.3. The lowest BCUT2D eigenvalue weighted by Crippen LogP contribution is -2.17. The average molecular weight is 334 g/mol. The molecule has 3 nitrogen and oxygen atoms in total. The first-order chi connectivity index (χ1) is 11.3. The molecule has 2 aromatic rings. The van der Waals surface area contributed by atoms with Crippen LogP contribution in [0.3, 0.4) is 0 Å². The van der Waals surface area contributed by atoms with Crippen LogP contribution in [0.15, 0.2) is 60.7 Å². The second-order valence-electron chi connectivity index (χ2n) is 4.78. The van der Waals surface area contributed by atoms with Crippen LogP contribution in [-0.4, -0.2) is 17.3 Å². The number of carbonyl (C=O) groups is 1. The van der Waals surface area contributed by atoms with Crippen molar-refractivity contribution < 1.29 is 27.8 Å². The van der Waals surface area contributed by atoms with Gasteiger partial charge in [-0.2, -0.15) is 0 Å². The van der Waals surface area contributed by atoms with Crippen LogP contribution >= 0.6 is 0 Å². The Hall–Kier alpha value is -3.02. The van der Waals surface area contributed by atoms with Crippen LogP contribution in [-0.2, 0) is 4.79 Å². The fourth-order valence-electron chi connectivity index (χ4n) is 1.86. The molecule has 0 aliphatic carbocycles. The summed E-state index contributed by atoms with van der Waals surface area (Å²) in [5.74, 6) is -0.616. The number of halogens is 3. The Kier molecular flexibility index (Phi) is 5.42. The molecule has 0 bridgehead atoms. The number of allylic oxidation sites excluding steroid dienone is 2. The quantitative estimate of drug-likeness (QED) is 0.814. The van der Waals surface area contributed by atoms with Crippen molar-refractivity contribution in [3.05, 3.63) is 71.8 Å². The minimum absolute atomic E-state index is 0.0848. The highest BCUT2D eigenvalue weighted by molar-refractivity contribution is 6.04. The molecule has 0 aromatic heterocycles. The van der Waals surface area contributed by atoms with Crippen LogP contribution < -0.4 is 4.74 Å². The van der Waals surface area contributed by atoms with E-state index < -0.39 is 6.36 Å². The van der Waals surface area contributed by atoms with E-state index in [0.29, 0.717) is 11.1 Å². The second kappa shape index (κ2) is 7.50. The van der Waals surface area contributed by atoms with E-state index in [-0.39, 0.29) is 17.3 Å². The Bertz CT molecular complexity index is 777. The lowest BCUT2D eigenvalue weighted by molar-refractivity contribution is -0.274. The SMILES string of the molecule is O=C(/C=C/c1cccc(O)c1)/C=C/c1cccc(OC(F)(F)F)c1. The number of ketones is 1. The maximum Gasteiger partial charge on any atom is 0.573 e. The zero-order valence-corrected chi connectivity index (χ0v) is 12.3. The van der Waals surface area contributed by atoms with Crippen LogP contribution in [0.4, 0.5) is 13.2 Å². The third kappa shape index (κ3) is 6.00. The summed E-state index contributed by atoms with van der Waals surface area (Å²) in [4.78, 5) is 11.7. The topological polar surface area (TPSA) is 46.5 Å². The van der Waals surface area contributed by atoms with Gasteiger partial charge in [-0.25, -0.2) is 0 Å². The monoisotopic (exact) mass is 334 g/mol. The first kappa shape index (κ1) is 17.3. The van der Waals surface area contributed by atoms with E-state index >= 15 is 0 Å². The van der Waals surface area contributed by atoms with Gasteiger partial charge in [-0.3, -0.25) is 4.79 Å². The van der Waals surface area contributed by atoms with Crippen LogP contribution in [0, 0.1) is 0 Å². The maximum atomic E-state index is 12.2. The number of carbonyl (C=O) groups excluding carboxylic acids is 1. The minimum Gasteiger partial charge on any atom is -0.508 e. The zero-order chi connectivity index (χ0) is 17.6. The van der Waals surface area contributed by atoms with Gasteiger partial charge in [-0.1, -0.05) is 36.4 Å². The van der Waals surface area contributed by atoms with E-state index in [0.717, 1.165) is 0 Å². The van der Waals surface area contributed by atoms with E-state index in [4.69, 9.17) is 0 Å². The lowest BCUT2D eigenvalue weighted by atomic mass is 10.1. The third-order valence-electron chi connectivity index (χ3n) is 2.84. The molecule has 24 heavy (non-hydrogen) atoms. The van der Waals surface area contributed by atoms with Gasteiger partial charge in [0.15, 0.2) is 5.78 Å². The summed E-state index contributed by atoms with van der Waals surface area (Å²) in [5, 5.41) is 9.31. The van der Waals surface area contributed by atoms with Gasteiger partial charge in [-0.05, 0) is 47.5 Å². The van der Waals surface area contributed by atoms with Gasteiger partial charge < -0.3 is 9.84 Å².